The number of rotatable bonds is 3. The zero-order chi connectivity index (χ0) is 15.8. The quantitative estimate of drug-likeness (QED) is 0.869. The van der Waals surface area contributed by atoms with E-state index in [4.69, 9.17) is 5.73 Å². The van der Waals surface area contributed by atoms with Gasteiger partial charge in [0.1, 0.15) is 0 Å². The van der Waals surface area contributed by atoms with Crippen molar-refractivity contribution in [3.63, 3.8) is 0 Å². The van der Waals surface area contributed by atoms with Crippen molar-refractivity contribution in [1.82, 2.24) is 4.90 Å². The third-order valence-corrected chi connectivity index (χ3v) is 4.05. The largest absolute Gasteiger partial charge is 0.322 e. The zero-order valence-corrected chi connectivity index (χ0v) is 13.2. The van der Waals surface area contributed by atoms with Crippen LogP contribution >= 0.6 is 0 Å². The van der Waals surface area contributed by atoms with E-state index >= 15 is 0 Å². The first kappa shape index (κ1) is 15.7. The van der Waals surface area contributed by atoms with Gasteiger partial charge >= 0.3 is 0 Å². The maximum absolute atomic E-state index is 11.9. The van der Waals surface area contributed by atoms with Crippen molar-refractivity contribution in [1.29, 1.82) is 0 Å². The van der Waals surface area contributed by atoms with Gasteiger partial charge in [0.05, 0.1) is 0 Å². The minimum atomic E-state index is -0.336. The molecule has 1 aliphatic rings. The van der Waals surface area contributed by atoms with E-state index in [0.29, 0.717) is 6.42 Å². The molecule has 2 N–H and O–H groups in total. The Hall–Kier alpha value is -1.68. The molecule has 0 radical (unpaired) electrons. The maximum atomic E-state index is 11.9. The summed E-state index contributed by atoms with van der Waals surface area (Å²) in [5.41, 5.74) is 8.44. The average Bonchev–Trinajstić information content (AvgIpc) is 2.64. The highest BCUT2D eigenvalue weighted by Crippen LogP contribution is 2.25. The monoisotopic (exact) mass is 288 g/mol. The molecule has 0 bridgehead atoms. The molecular formula is C17H24N2O2. The van der Waals surface area contributed by atoms with Crippen LogP contribution in [0.15, 0.2) is 24.3 Å². The fraction of sp³-hybridized carbons (Fsp3) is 0.529. The number of hydrogen-bond acceptors (Lipinski definition) is 3. The number of amides is 2. The highest BCUT2D eigenvalue weighted by atomic mass is 16.2. The Kier molecular flexibility index (Phi) is 4.19. The van der Waals surface area contributed by atoms with Gasteiger partial charge in [0.15, 0.2) is 0 Å². The van der Waals surface area contributed by atoms with Crippen molar-refractivity contribution in [2.45, 2.75) is 45.6 Å². The van der Waals surface area contributed by atoms with Crippen molar-refractivity contribution in [2.75, 3.05) is 6.54 Å². The molecule has 1 heterocycles. The van der Waals surface area contributed by atoms with E-state index < -0.39 is 0 Å². The number of carbonyl (C=O) groups excluding carboxylic acids is 2. The summed E-state index contributed by atoms with van der Waals surface area (Å²) in [5.74, 6) is -0.441. The van der Waals surface area contributed by atoms with Crippen LogP contribution in [0.5, 0.6) is 0 Å². The second-order valence-electron chi connectivity index (χ2n) is 6.93. The summed E-state index contributed by atoms with van der Waals surface area (Å²) in [7, 11) is 0. The Labute approximate surface area is 126 Å². The predicted molar refractivity (Wildman–Crippen MR) is 82.6 cm³/mol. The van der Waals surface area contributed by atoms with E-state index in [1.54, 1.807) is 6.92 Å². The first-order valence-electron chi connectivity index (χ1n) is 7.40. The third-order valence-electron chi connectivity index (χ3n) is 4.05. The van der Waals surface area contributed by atoms with Gasteiger partial charge in [0.2, 0.25) is 11.8 Å². The number of nitrogens with zero attached hydrogens (tertiary/aromatic N) is 1. The van der Waals surface area contributed by atoms with Gasteiger partial charge in [0.25, 0.3) is 0 Å². The molecule has 21 heavy (non-hydrogen) atoms. The Bertz CT molecular complexity index is 543. The number of imide groups is 1. The molecule has 0 saturated carbocycles. The van der Waals surface area contributed by atoms with Gasteiger partial charge in [-0.15, -0.1) is 0 Å². The maximum Gasteiger partial charge on any atom is 0.232 e. The summed E-state index contributed by atoms with van der Waals surface area (Å²) in [4.78, 5) is 25.0. The Morgan fingerprint density at radius 1 is 1.24 bits per heavy atom. The normalized spacial score (nSPS) is 21.0. The standard InChI is InChI=1S/C17H24N2O2/c1-11-9-15(20)19(16(11)21)10-14(18)12-5-7-13(8-6-12)17(2,3)4/h5-8,11,14H,9-10,18H2,1-4H3. The minimum absolute atomic E-state index is 0.0962. The first-order valence-corrected chi connectivity index (χ1v) is 7.40. The molecule has 2 atom stereocenters. The SMILES string of the molecule is CC1CC(=O)N(CC(N)c2ccc(C(C)(C)C)cc2)C1=O. The van der Waals surface area contributed by atoms with Crippen molar-refractivity contribution < 1.29 is 9.59 Å². The van der Waals surface area contributed by atoms with E-state index in [9.17, 15) is 9.59 Å². The van der Waals surface area contributed by atoms with Crippen molar-refractivity contribution >= 4 is 11.8 Å². The summed E-state index contributed by atoms with van der Waals surface area (Å²) in [6, 6.07) is 7.76. The van der Waals surface area contributed by atoms with Crippen LogP contribution in [0.25, 0.3) is 0 Å². The first-order chi connectivity index (χ1) is 9.70. The number of likely N-dealkylation sites (tertiary alicyclic amines) is 1. The molecule has 0 aromatic heterocycles. The topological polar surface area (TPSA) is 63.4 Å². The van der Waals surface area contributed by atoms with Gasteiger partial charge in [-0.2, -0.15) is 0 Å². The molecule has 2 amide bonds. The second kappa shape index (κ2) is 5.60. The molecule has 2 unspecified atom stereocenters. The number of nitrogens with two attached hydrogens (primary N) is 1. The van der Waals surface area contributed by atoms with E-state index in [1.165, 1.54) is 10.5 Å². The third kappa shape index (κ3) is 3.32. The van der Waals surface area contributed by atoms with Gasteiger partial charge in [0, 0.05) is 24.9 Å². The summed E-state index contributed by atoms with van der Waals surface area (Å²) >= 11 is 0. The van der Waals surface area contributed by atoms with Crippen LogP contribution in [0.2, 0.25) is 0 Å². The van der Waals surface area contributed by atoms with Crippen LogP contribution < -0.4 is 5.73 Å². The van der Waals surface area contributed by atoms with E-state index in [2.05, 4.69) is 32.9 Å². The fourth-order valence-electron chi connectivity index (χ4n) is 2.57. The lowest BCUT2D eigenvalue weighted by atomic mass is 9.86. The Morgan fingerprint density at radius 2 is 1.81 bits per heavy atom. The highest BCUT2D eigenvalue weighted by Gasteiger charge is 2.36. The van der Waals surface area contributed by atoms with Gasteiger partial charge < -0.3 is 5.73 Å². The van der Waals surface area contributed by atoms with Gasteiger partial charge in [-0.1, -0.05) is 52.0 Å². The van der Waals surface area contributed by atoms with Gasteiger partial charge in [-0.3, -0.25) is 14.5 Å². The van der Waals surface area contributed by atoms with Crippen LogP contribution in [0.4, 0.5) is 0 Å². The zero-order valence-electron chi connectivity index (χ0n) is 13.2. The van der Waals surface area contributed by atoms with Crippen LogP contribution in [0, 0.1) is 5.92 Å². The summed E-state index contributed by atoms with van der Waals surface area (Å²) < 4.78 is 0. The summed E-state index contributed by atoms with van der Waals surface area (Å²) in [6.45, 7) is 8.52. The van der Waals surface area contributed by atoms with Gasteiger partial charge in [-0.25, -0.2) is 0 Å². The smallest absolute Gasteiger partial charge is 0.232 e. The molecule has 1 aromatic rings. The van der Waals surface area contributed by atoms with E-state index in [0.717, 1.165) is 5.56 Å². The van der Waals surface area contributed by atoms with E-state index in [-0.39, 0.29) is 35.7 Å². The molecule has 1 saturated heterocycles. The number of carbonyl (C=O) groups is 2. The molecule has 0 spiro atoms. The van der Waals surface area contributed by atoms with Gasteiger partial charge in [-0.05, 0) is 16.5 Å². The lowest BCUT2D eigenvalue weighted by molar-refractivity contribution is -0.139. The number of benzene rings is 1. The molecule has 1 aromatic carbocycles. The molecule has 114 valence electrons. The summed E-state index contributed by atoms with van der Waals surface area (Å²) in [6.07, 6.45) is 0.300. The lowest BCUT2D eigenvalue weighted by Crippen LogP contribution is -2.36. The van der Waals surface area contributed by atoms with Crippen molar-refractivity contribution in [2.24, 2.45) is 11.7 Å². The predicted octanol–water partition coefficient (Wildman–Crippen LogP) is 2.38. The molecule has 2 rings (SSSR count). The van der Waals surface area contributed by atoms with Crippen molar-refractivity contribution in [3.05, 3.63) is 35.4 Å². The van der Waals surface area contributed by atoms with Crippen LogP contribution in [-0.2, 0) is 15.0 Å². The van der Waals surface area contributed by atoms with Crippen LogP contribution in [0.3, 0.4) is 0 Å². The van der Waals surface area contributed by atoms with E-state index in [1.807, 2.05) is 12.1 Å². The summed E-state index contributed by atoms with van der Waals surface area (Å²) in [5, 5.41) is 0. The average molecular weight is 288 g/mol. The lowest BCUT2D eigenvalue weighted by Gasteiger charge is -2.22. The molecular weight excluding hydrogens is 264 g/mol. The number of hydrogen-bond donors (Lipinski definition) is 1. The molecule has 1 fully saturated rings. The van der Waals surface area contributed by atoms with Crippen LogP contribution in [-0.4, -0.2) is 23.3 Å². The minimum Gasteiger partial charge on any atom is -0.322 e. The Morgan fingerprint density at radius 3 is 2.24 bits per heavy atom. The second-order valence-corrected chi connectivity index (χ2v) is 6.93. The molecule has 1 aliphatic heterocycles. The fourth-order valence-corrected chi connectivity index (χ4v) is 2.57. The molecule has 0 aliphatic carbocycles. The molecule has 4 heteroatoms. The molecule has 4 nitrogen and oxygen atoms in total. The van der Waals surface area contributed by atoms with Crippen LogP contribution in [0.1, 0.15) is 51.3 Å². The van der Waals surface area contributed by atoms with Crippen molar-refractivity contribution in [3.8, 4) is 0 Å². The Balaban J connectivity index is 2.09. The highest BCUT2D eigenvalue weighted by molar-refractivity contribution is 6.03.